The van der Waals surface area contributed by atoms with Crippen LogP contribution in [0.2, 0.25) is 0 Å². The number of hydrogen-bond donors (Lipinski definition) is 1. The lowest BCUT2D eigenvalue weighted by Crippen LogP contribution is -2.39. The predicted octanol–water partition coefficient (Wildman–Crippen LogP) is 3.76. The molecule has 1 aliphatic rings. The van der Waals surface area contributed by atoms with Crippen molar-refractivity contribution in [2.24, 2.45) is 11.3 Å². The molecule has 1 fully saturated rings. The smallest absolute Gasteiger partial charge is 0.0798 e. The molecule has 1 aromatic heterocycles. The van der Waals surface area contributed by atoms with Crippen molar-refractivity contribution in [2.45, 2.75) is 59.5 Å². The number of nitrogens with one attached hydrogen (secondary N) is 1. The summed E-state index contributed by atoms with van der Waals surface area (Å²) in [6, 6.07) is 0.676. The highest BCUT2D eigenvalue weighted by atomic mass is 32.1. The first-order valence-corrected chi connectivity index (χ1v) is 7.46. The number of rotatable bonds is 3. The second kappa shape index (κ2) is 5.07. The molecule has 0 radical (unpaired) electrons. The summed E-state index contributed by atoms with van der Waals surface area (Å²) < 4.78 is 0. The molecular formula is C14H24N2S. The van der Waals surface area contributed by atoms with Gasteiger partial charge in [-0.05, 0) is 37.5 Å². The summed E-state index contributed by atoms with van der Waals surface area (Å²) in [6.45, 7) is 10.3. The average Bonchev–Trinajstić information content (AvgIpc) is 2.58. The first kappa shape index (κ1) is 13.0. The van der Waals surface area contributed by atoms with Crippen LogP contribution in [0.15, 0.2) is 5.51 Å². The van der Waals surface area contributed by atoms with Gasteiger partial charge in [-0.2, -0.15) is 0 Å². The number of aryl methyl sites for hydroxylation is 1. The molecule has 2 rings (SSSR count). The maximum absolute atomic E-state index is 4.30. The topological polar surface area (TPSA) is 24.9 Å². The summed E-state index contributed by atoms with van der Waals surface area (Å²) in [6.07, 6.45) is 3.99. The molecule has 0 amide bonds. The van der Waals surface area contributed by atoms with Gasteiger partial charge in [-0.3, -0.25) is 0 Å². The van der Waals surface area contributed by atoms with Crippen molar-refractivity contribution < 1.29 is 0 Å². The van der Waals surface area contributed by atoms with Gasteiger partial charge in [-0.1, -0.05) is 20.8 Å². The molecule has 0 bridgehead atoms. The van der Waals surface area contributed by atoms with Crippen LogP contribution in [0.5, 0.6) is 0 Å². The molecule has 2 nitrogen and oxygen atoms in total. The predicted molar refractivity (Wildman–Crippen MR) is 74.3 cm³/mol. The molecule has 1 aromatic rings. The molecule has 2 atom stereocenters. The van der Waals surface area contributed by atoms with E-state index in [2.05, 4.69) is 38.0 Å². The normalized spacial score (nSPS) is 28.2. The Balaban J connectivity index is 1.89. The molecule has 0 spiro atoms. The van der Waals surface area contributed by atoms with E-state index in [-0.39, 0.29) is 0 Å². The Morgan fingerprint density at radius 1 is 1.47 bits per heavy atom. The van der Waals surface area contributed by atoms with E-state index in [0.717, 1.165) is 12.5 Å². The monoisotopic (exact) mass is 252 g/mol. The van der Waals surface area contributed by atoms with Crippen LogP contribution in [0.25, 0.3) is 0 Å². The minimum absolute atomic E-state index is 0.498. The average molecular weight is 252 g/mol. The molecule has 0 aliphatic heterocycles. The van der Waals surface area contributed by atoms with Crippen LogP contribution in [-0.4, -0.2) is 11.0 Å². The Kier molecular flexibility index (Phi) is 3.88. The fourth-order valence-corrected chi connectivity index (χ4v) is 3.96. The summed E-state index contributed by atoms with van der Waals surface area (Å²) in [5.41, 5.74) is 3.63. The Bertz CT molecular complexity index is 370. The van der Waals surface area contributed by atoms with Crippen LogP contribution in [0.4, 0.5) is 0 Å². The van der Waals surface area contributed by atoms with Crippen molar-refractivity contribution in [1.29, 1.82) is 0 Å². The largest absolute Gasteiger partial charge is 0.309 e. The highest BCUT2D eigenvalue weighted by Crippen LogP contribution is 2.38. The van der Waals surface area contributed by atoms with Crippen LogP contribution in [0.1, 0.15) is 50.6 Å². The van der Waals surface area contributed by atoms with E-state index in [9.17, 15) is 0 Å². The number of thiazole rings is 1. The van der Waals surface area contributed by atoms with Gasteiger partial charge in [-0.15, -0.1) is 11.3 Å². The molecule has 96 valence electrons. The van der Waals surface area contributed by atoms with Gasteiger partial charge in [0.25, 0.3) is 0 Å². The van der Waals surface area contributed by atoms with Crippen LogP contribution < -0.4 is 5.32 Å². The molecule has 2 unspecified atom stereocenters. The van der Waals surface area contributed by atoms with Gasteiger partial charge in [0.2, 0.25) is 0 Å². The van der Waals surface area contributed by atoms with E-state index < -0.39 is 0 Å². The maximum Gasteiger partial charge on any atom is 0.0798 e. The molecule has 3 heteroatoms. The summed E-state index contributed by atoms with van der Waals surface area (Å²) in [4.78, 5) is 5.69. The van der Waals surface area contributed by atoms with Crippen molar-refractivity contribution in [3.63, 3.8) is 0 Å². The minimum Gasteiger partial charge on any atom is -0.309 e. The molecule has 17 heavy (non-hydrogen) atoms. The second-order valence-electron chi connectivity index (χ2n) is 6.35. The van der Waals surface area contributed by atoms with Crippen LogP contribution in [-0.2, 0) is 6.54 Å². The van der Waals surface area contributed by atoms with Gasteiger partial charge in [0, 0.05) is 17.5 Å². The van der Waals surface area contributed by atoms with Gasteiger partial charge >= 0.3 is 0 Å². The zero-order valence-corrected chi connectivity index (χ0v) is 12.2. The highest BCUT2D eigenvalue weighted by molar-refractivity contribution is 7.09. The van der Waals surface area contributed by atoms with Crippen molar-refractivity contribution in [3.05, 3.63) is 16.1 Å². The Morgan fingerprint density at radius 2 is 2.24 bits per heavy atom. The van der Waals surface area contributed by atoms with Gasteiger partial charge in [-0.25, -0.2) is 4.98 Å². The van der Waals surface area contributed by atoms with Gasteiger partial charge in [0.15, 0.2) is 0 Å². The minimum atomic E-state index is 0.498. The molecular weight excluding hydrogens is 228 g/mol. The Hall–Kier alpha value is -0.410. The van der Waals surface area contributed by atoms with Crippen molar-refractivity contribution in [3.8, 4) is 0 Å². The SMILES string of the molecule is Cc1ncsc1CNC1CC(C)CC(C)(C)C1. The number of aromatic nitrogens is 1. The molecule has 1 heterocycles. The molecule has 1 saturated carbocycles. The molecule has 1 aliphatic carbocycles. The summed E-state index contributed by atoms with van der Waals surface area (Å²) in [7, 11) is 0. The quantitative estimate of drug-likeness (QED) is 0.886. The Morgan fingerprint density at radius 3 is 2.82 bits per heavy atom. The van der Waals surface area contributed by atoms with E-state index in [1.165, 1.54) is 29.8 Å². The molecule has 1 N–H and O–H groups in total. The first-order valence-electron chi connectivity index (χ1n) is 6.58. The first-order chi connectivity index (χ1) is 7.96. The third-order valence-corrected chi connectivity index (χ3v) is 4.72. The fourth-order valence-electron chi connectivity index (χ4n) is 3.23. The third-order valence-electron chi connectivity index (χ3n) is 3.78. The van der Waals surface area contributed by atoms with E-state index in [1.54, 1.807) is 11.3 Å². The summed E-state index contributed by atoms with van der Waals surface area (Å²) in [5.74, 6) is 0.846. The van der Waals surface area contributed by atoms with Gasteiger partial charge in [0.1, 0.15) is 0 Å². The van der Waals surface area contributed by atoms with Crippen molar-refractivity contribution in [1.82, 2.24) is 10.3 Å². The maximum atomic E-state index is 4.30. The molecule has 0 saturated heterocycles. The van der Waals surface area contributed by atoms with Crippen molar-refractivity contribution in [2.75, 3.05) is 0 Å². The Labute approximate surface area is 109 Å². The third kappa shape index (κ3) is 3.52. The zero-order chi connectivity index (χ0) is 12.5. The van der Waals surface area contributed by atoms with Crippen LogP contribution >= 0.6 is 11.3 Å². The molecule has 0 aromatic carbocycles. The van der Waals surface area contributed by atoms with E-state index in [4.69, 9.17) is 0 Å². The van der Waals surface area contributed by atoms with Crippen molar-refractivity contribution >= 4 is 11.3 Å². The lowest BCUT2D eigenvalue weighted by atomic mass is 9.70. The lowest BCUT2D eigenvalue weighted by Gasteiger charge is -2.39. The summed E-state index contributed by atoms with van der Waals surface area (Å²) >= 11 is 1.77. The van der Waals surface area contributed by atoms with E-state index in [0.29, 0.717) is 11.5 Å². The van der Waals surface area contributed by atoms with E-state index >= 15 is 0 Å². The number of hydrogen-bond acceptors (Lipinski definition) is 3. The van der Waals surface area contributed by atoms with Gasteiger partial charge < -0.3 is 5.32 Å². The number of nitrogens with zero attached hydrogens (tertiary/aromatic N) is 1. The van der Waals surface area contributed by atoms with E-state index in [1.807, 2.05) is 5.51 Å². The van der Waals surface area contributed by atoms with Gasteiger partial charge in [0.05, 0.1) is 11.2 Å². The fraction of sp³-hybridized carbons (Fsp3) is 0.786. The highest BCUT2D eigenvalue weighted by Gasteiger charge is 2.31. The van der Waals surface area contributed by atoms with Crippen LogP contribution in [0, 0.1) is 18.3 Å². The second-order valence-corrected chi connectivity index (χ2v) is 7.29. The standard InChI is InChI=1S/C14H24N2S/c1-10-5-12(7-14(3,4)6-10)15-8-13-11(2)16-9-17-13/h9-10,12,15H,5-8H2,1-4H3. The lowest BCUT2D eigenvalue weighted by molar-refractivity contribution is 0.151. The van der Waals surface area contributed by atoms with Crippen LogP contribution in [0.3, 0.4) is 0 Å². The summed E-state index contributed by atoms with van der Waals surface area (Å²) in [5, 5.41) is 3.72. The zero-order valence-electron chi connectivity index (χ0n) is 11.4.